The number of hydrogen-bond acceptors (Lipinski definition) is 6. The Hall–Kier alpha value is -3.22. The molecule has 0 fully saturated rings. The minimum Gasteiger partial charge on any atom is -0.488 e. The van der Waals surface area contributed by atoms with E-state index in [2.05, 4.69) is 4.98 Å². The highest BCUT2D eigenvalue weighted by Crippen LogP contribution is 2.24. The fourth-order valence-corrected chi connectivity index (χ4v) is 2.27. The maximum atomic E-state index is 12.3. The Bertz CT molecular complexity index is 796. The Morgan fingerprint density at radius 3 is 2.25 bits per heavy atom. The van der Waals surface area contributed by atoms with Crippen molar-refractivity contribution in [2.75, 3.05) is 0 Å². The Balaban J connectivity index is 1.84. The van der Waals surface area contributed by atoms with Crippen LogP contribution in [-0.4, -0.2) is 33.9 Å². The van der Waals surface area contributed by atoms with Gasteiger partial charge in [0.2, 0.25) is 0 Å². The lowest BCUT2D eigenvalue weighted by molar-refractivity contribution is -0.0591. The van der Waals surface area contributed by atoms with Crippen molar-refractivity contribution in [1.82, 2.24) is 10.0 Å². The number of ether oxygens (including phenoxy) is 1. The van der Waals surface area contributed by atoms with E-state index in [9.17, 15) is 14.4 Å². The number of hydroxylamine groups is 2. The molecule has 0 N–H and O–H groups in total. The number of imide groups is 1. The largest absolute Gasteiger partial charge is 0.488 e. The molecule has 0 bridgehead atoms. The summed E-state index contributed by atoms with van der Waals surface area (Å²) in [6.45, 7) is 3.60. The van der Waals surface area contributed by atoms with Gasteiger partial charge in [-0.2, -0.15) is 0 Å². The second-order valence-electron chi connectivity index (χ2n) is 5.35. The van der Waals surface area contributed by atoms with E-state index in [0.29, 0.717) is 5.06 Å². The van der Waals surface area contributed by atoms with Crippen molar-refractivity contribution in [3.8, 4) is 5.75 Å². The summed E-state index contributed by atoms with van der Waals surface area (Å²) in [4.78, 5) is 45.7. The first-order chi connectivity index (χ1) is 11.5. The lowest BCUT2D eigenvalue weighted by atomic mass is 10.1. The molecule has 7 heteroatoms. The van der Waals surface area contributed by atoms with Crippen LogP contribution in [0.1, 0.15) is 45.1 Å². The quantitative estimate of drug-likeness (QED) is 0.801. The molecular weight excluding hydrogens is 312 g/mol. The Kier molecular flexibility index (Phi) is 3.99. The van der Waals surface area contributed by atoms with E-state index in [-0.39, 0.29) is 28.7 Å². The van der Waals surface area contributed by atoms with Gasteiger partial charge in [0.05, 0.1) is 17.2 Å². The summed E-state index contributed by atoms with van der Waals surface area (Å²) < 4.78 is 5.49. The molecule has 0 saturated carbocycles. The van der Waals surface area contributed by atoms with Crippen molar-refractivity contribution in [3.05, 3.63) is 59.4 Å². The van der Waals surface area contributed by atoms with E-state index in [1.165, 1.54) is 18.3 Å². The lowest BCUT2D eigenvalue weighted by Gasteiger charge is -2.15. The summed E-state index contributed by atoms with van der Waals surface area (Å²) in [6.07, 6.45) is 1.21. The predicted octanol–water partition coefficient (Wildman–Crippen LogP) is 2.24. The maximum absolute atomic E-state index is 12.3. The van der Waals surface area contributed by atoms with E-state index in [0.717, 1.165) is 0 Å². The van der Waals surface area contributed by atoms with E-state index in [4.69, 9.17) is 9.57 Å². The molecule has 3 rings (SSSR count). The highest BCUT2D eigenvalue weighted by molar-refractivity contribution is 6.21. The molecule has 1 aromatic carbocycles. The molecule has 2 amide bonds. The highest BCUT2D eigenvalue weighted by Gasteiger charge is 2.39. The van der Waals surface area contributed by atoms with Crippen LogP contribution in [0.4, 0.5) is 0 Å². The Morgan fingerprint density at radius 2 is 1.67 bits per heavy atom. The maximum Gasteiger partial charge on any atom is 0.385 e. The normalized spacial score (nSPS) is 13.2. The smallest absolute Gasteiger partial charge is 0.385 e. The molecule has 1 aliphatic heterocycles. The molecule has 0 aliphatic carbocycles. The molecule has 2 aromatic rings. The molecule has 122 valence electrons. The second-order valence-corrected chi connectivity index (χ2v) is 5.35. The van der Waals surface area contributed by atoms with Gasteiger partial charge in [-0.1, -0.05) is 17.2 Å². The summed E-state index contributed by atoms with van der Waals surface area (Å²) >= 11 is 0. The zero-order chi connectivity index (χ0) is 17.3. The van der Waals surface area contributed by atoms with Crippen molar-refractivity contribution in [1.29, 1.82) is 0 Å². The number of carbonyl (C=O) groups is 3. The summed E-state index contributed by atoms with van der Waals surface area (Å²) in [6, 6.07) is 9.42. The van der Waals surface area contributed by atoms with Crippen molar-refractivity contribution in [2.24, 2.45) is 0 Å². The minimum atomic E-state index is -0.944. The van der Waals surface area contributed by atoms with Gasteiger partial charge >= 0.3 is 5.97 Å². The van der Waals surface area contributed by atoms with E-state index in [1.807, 2.05) is 0 Å². The molecule has 1 aromatic heterocycles. The molecule has 24 heavy (non-hydrogen) atoms. The molecule has 0 spiro atoms. The van der Waals surface area contributed by atoms with Crippen molar-refractivity contribution >= 4 is 17.8 Å². The molecule has 7 nitrogen and oxygen atoms in total. The van der Waals surface area contributed by atoms with Gasteiger partial charge in [0, 0.05) is 6.20 Å². The third-order valence-electron chi connectivity index (χ3n) is 3.26. The summed E-state index contributed by atoms with van der Waals surface area (Å²) in [5, 5.41) is 0.445. The number of pyridine rings is 1. The van der Waals surface area contributed by atoms with E-state index < -0.39 is 17.8 Å². The van der Waals surface area contributed by atoms with Crippen LogP contribution in [0.3, 0.4) is 0 Å². The first-order valence-corrected chi connectivity index (χ1v) is 7.31. The number of carbonyl (C=O) groups excluding carboxylic acids is 3. The molecule has 0 radical (unpaired) electrons. The number of nitrogens with zero attached hydrogens (tertiary/aromatic N) is 2. The van der Waals surface area contributed by atoms with E-state index in [1.54, 1.807) is 38.1 Å². The third kappa shape index (κ3) is 2.71. The van der Waals surface area contributed by atoms with E-state index >= 15 is 0 Å². The SMILES string of the molecule is CC(C)Oc1cccnc1C(=O)ON1C(=O)c2ccccc2C1=O. The van der Waals surface area contributed by atoms with Crippen molar-refractivity contribution < 1.29 is 24.0 Å². The van der Waals surface area contributed by atoms with Crippen LogP contribution in [0.5, 0.6) is 5.75 Å². The Morgan fingerprint density at radius 1 is 1.04 bits per heavy atom. The first-order valence-electron chi connectivity index (χ1n) is 7.31. The molecule has 0 atom stereocenters. The average molecular weight is 326 g/mol. The molecular formula is C17H14N2O5. The average Bonchev–Trinajstić information content (AvgIpc) is 2.80. The fourth-order valence-electron chi connectivity index (χ4n) is 2.27. The van der Waals surface area contributed by atoms with Crippen LogP contribution in [0.15, 0.2) is 42.6 Å². The van der Waals surface area contributed by atoms with Crippen LogP contribution >= 0.6 is 0 Å². The minimum absolute atomic E-state index is 0.109. The molecule has 2 heterocycles. The Labute approximate surface area is 137 Å². The second kappa shape index (κ2) is 6.11. The summed E-state index contributed by atoms with van der Waals surface area (Å²) in [5.41, 5.74) is 0.271. The number of amides is 2. The molecule has 0 saturated heterocycles. The first kappa shape index (κ1) is 15.7. The predicted molar refractivity (Wildman–Crippen MR) is 82.4 cm³/mol. The monoisotopic (exact) mass is 326 g/mol. The number of hydrogen-bond donors (Lipinski definition) is 0. The van der Waals surface area contributed by atoms with Crippen molar-refractivity contribution in [2.45, 2.75) is 20.0 Å². The third-order valence-corrected chi connectivity index (χ3v) is 3.26. The van der Waals surface area contributed by atoms with Gasteiger partial charge in [-0.05, 0) is 38.1 Å². The number of aromatic nitrogens is 1. The van der Waals surface area contributed by atoms with Crippen LogP contribution in [-0.2, 0) is 4.84 Å². The standard InChI is InChI=1S/C17H14N2O5/c1-10(2)23-13-8-5-9-18-14(13)17(22)24-19-15(20)11-6-3-4-7-12(11)16(19)21/h3-10H,1-2H3. The van der Waals surface area contributed by atoms with Crippen LogP contribution in [0.25, 0.3) is 0 Å². The molecule has 1 aliphatic rings. The van der Waals surface area contributed by atoms with Gasteiger partial charge in [0.15, 0.2) is 11.4 Å². The topological polar surface area (TPSA) is 85.8 Å². The highest BCUT2D eigenvalue weighted by atomic mass is 16.7. The van der Waals surface area contributed by atoms with Gasteiger partial charge < -0.3 is 9.57 Å². The van der Waals surface area contributed by atoms with Crippen molar-refractivity contribution in [3.63, 3.8) is 0 Å². The number of fused-ring (bicyclic) bond motifs is 1. The van der Waals surface area contributed by atoms with Gasteiger partial charge in [-0.3, -0.25) is 9.59 Å². The number of benzene rings is 1. The zero-order valence-electron chi connectivity index (χ0n) is 13.1. The van der Waals surface area contributed by atoms with Gasteiger partial charge in [-0.25, -0.2) is 9.78 Å². The fraction of sp³-hybridized carbons (Fsp3) is 0.176. The zero-order valence-corrected chi connectivity index (χ0v) is 13.1. The summed E-state index contributed by atoms with van der Waals surface area (Å²) in [7, 11) is 0. The summed E-state index contributed by atoms with van der Waals surface area (Å²) in [5.74, 6) is -2.10. The van der Waals surface area contributed by atoms with Crippen LogP contribution < -0.4 is 4.74 Å². The number of rotatable bonds is 4. The van der Waals surface area contributed by atoms with Gasteiger partial charge in [-0.15, -0.1) is 0 Å². The molecule has 0 unspecified atom stereocenters. The van der Waals surface area contributed by atoms with Gasteiger partial charge in [0.25, 0.3) is 11.8 Å². The van der Waals surface area contributed by atoms with Crippen LogP contribution in [0.2, 0.25) is 0 Å². The van der Waals surface area contributed by atoms with Crippen LogP contribution in [0, 0.1) is 0 Å². The van der Waals surface area contributed by atoms with Gasteiger partial charge in [0.1, 0.15) is 0 Å². The lowest BCUT2D eigenvalue weighted by Crippen LogP contribution is -2.33.